The van der Waals surface area contributed by atoms with Gasteiger partial charge in [0, 0.05) is 6.42 Å². The molecule has 0 unspecified atom stereocenters. The van der Waals surface area contributed by atoms with E-state index in [0.29, 0.717) is 11.1 Å². The van der Waals surface area contributed by atoms with Gasteiger partial charge in [-0.05, 0) is 11.1 Å². The molecule has 1 aromatic carbocycles. The highest BCUT2D eigenvalue weighted by Crippen LogP contribution is 2.19. The Morgan fingerprint density at radius 2 is 2.07 bits per heavy atom. The molecule has 0 spiro atoms. The zero-order valence-corrected chi connectivity index (χ0v) is 7.84. The van der Waals surface area contributed by atoms with E-state index in [1.807, 2.05) is 0 Å². The van der Waals surface area contributed by atoms with Gasteiger partial charge in [-0.2, -0.15) is 13.2 Å². The summed E-state index contributed by atoms with van der Waals surface area (Å²) in [6.45, 7) is 3.49. The molecule has 0 amide bonds. The van der Waals surface area contributed by atoms with E-state index in [-0.39, 0.29) is 0 Å². The molecule has 0 aliphatic carbocycles. The van der Waals surface area contributed by atoms with Crippen LogP contribution in [0.15, 0.2) is 30.8 Å². The summed E-state index contributed by atoms with van der Waals surface area (Å²) in [6.07, 6.45) is -3.86. The predicted octanol–water partition coefficient (Wildman–Crippen LogP) is 3.00. The summed E-state index contributed by atoms with van der Waals surface area (Å²) in [5.41, 5.74) is 1.04. The van der Waals surface area contributed by atoms with Crippen molar-refractivity contribution in [3.05, 3.63) is 42.0 Å². The van der Waals surface area contributed by atoms with Crippen LogP contribution in [0, 0.1) is 0 Å². The normalized spacial score (nSPS) is 11.1. The van der Waals surface area contributed by atoms with E-state index >= 15 is 0 Å². The molecule has 0 aromatic heterocycles. The lowest BCUT2D eigenvalue weighted by Gasteiger charge is -2.05. The molecule has 0 atom stereocenters. The molecule has 0 aliphatic heterocycles. The zero-order valence-electron chi connectivity index (χ0n) is 7.84. The van der Waals surface area contributed by atoms with Gasteiger partial charge >= 0.3 is 6.18 Å². The van der Waals surface area contributed by atoms with Crippen molar-refractivity contribution in [3.8, 4) is 0 Å². The third kappa shape index (κ3) is 3.23. The van der Waals surface area contributed by atoms with Crippen molar-refractivity contribution < 1.29 is 18.0 Å². The third-order valence-electron chi connectivity index (χ3n) is 1.87. The average Bonchev–Trinajstić information content (AvgIpc) is 2.16. The monoisotopic (exact) mass is 214 g/mol. The second kappa shape index (κ2) is 4.29. The largest absolute Gasteiger partial charge is 0.450 e. The SMILES string of the molecule is C=Cc1cccc(CC(=O)C(F)(F)F)c1. The Balaban J connectivity index is 2.81. The molecular weight excluding hydrogens is 205 g/mol. The predicted molar refractivity (Wildman–Crippen MR) is 51.3 cm³/mol. The van der Waals surface area contributed by atoms with Gasteiger partial charge in [0.25, 0.3) is 0 Å². The lowest BCUT2D eigenvalue weighted by atomic mass is 10.1. The van der Waals surface area contributed by atoms with Crippen molar-refractivity contribution in [2.24, 2.45) is 0 Å². The molecular formula is C11H9F3O. The number of Topliss-reactive ketones (excluding diaryl/α,β-unsaturated/α-hetero) is 1. The van der Waals surface area contributed by atoms with Gasteiger partial charge in [-0.1, -0.05) is 36.9 Å². The lowest BCUT2D eigenvalue weighted by Crippen LogP contribution is -2.24. The minimum atomic E-state index is -4.76. The van der Waals surface area contributed by atoms with Gasteiger partial charge in [0.1, 0.15) is 0 Å². The molecule has 80 valence electrons. The molecule has 0 N–H and O–H groups in total. The number of alkyl halides is 3. The molecule has 0 fully saturated rings. The van der Waals surface area contributed by atoms with E-state index in [1.54, 1.807) is 12.1 Å². The summed E-state index contributed by atoms with van der Waals surface area (Å²) in [5.74, 6) is -1.73. The first-order valence-electron chi connectivity index (χ1n) is 4.25. The van der Waals surface area contributed by atoms with Crippen LogP contribution in [0.1, 0.15) is 11.1 Å². The summed E-state index contributed by atoms with van der Waals surface area (Å²) in [7, 11) is 0. The Kier molecular flexibility index (Phi) is 3.29. The second-order valence-electron chi connectivity index (χ2n) is 3.05. The van der Waals surface area contributed by atoms with Crippen LogP contribution >= 0.6 is 0 Å². The van der Waals surface area contributed by atoms with Gasteiger partial charge in [-0.15, -0.1) is 0 Å². The smallest absolute Gasteiger partial charge is 0.289 e. The van der Waals surface area contributed by atoms with Gasteiger partial charge in [0.15, 0.2) is 0 Å². The van der Waals surface area contributed by atoms with Gasteiger partial charge in [0.05, 0.1) is 0 Å². The van der Waals surface area contributed by atoms with Crippen LogP contribution in [0.4, 0.5) is 13.2 Å². The first-order chi connectivity index (χ1) is 6.93. The molecule has 1 rings (SSSR count). The number of benzene rings is 1. The molecule has 0 heterocycles. The second-order valence-corrected chi connectivity index (χ2v) is 3.05. The van der Waals surface area contributed by atoms with Crippen molar-refractivity contribution in [2.45, 2.75) is 12.6 Å². The highest BCUT2D eigenvalue weighted by Gasteiger charge is 2.37. The number of carbonyl (C=O) groups is 1. The molecule has 15 heavy (non-hydrogen) atoms. The Morgan fingerprint density at radius 1 is 1.40 bits per heavy atom. The average molecular weight is 214 g/mol. The lowest BCUT2D eigenvalue weighted by molar-refractivity contribution is -0.170. The number of hydrogen-bond acceptors (Lipinski definition) is 1. The highest BCUT2D eigenvalue weighted by atomic mass is 19.4. The van der Waals surface area contributed by atoms with E-state index in [0.717, 1.165) is 0 Å². The first kappa shape index (κ1) is 11.5. The van der Waals surface area contributed by atoms with Crippen LogP contribution in [-0.4, -0.2) is 12.0 Å². The molecule has 1 nitrogen and oxygen atoms in total. The number of hydrogen-bond donors (Lipinski definition) is 0. The van der Waals surface area contributed by atoms with E-state index < -0.39 is 18.4 Å². The first-order valence-corrected chi connectivity index (χ1v) is 4.25. The van der Waals surface area contributed by atoms with Gasteiger partial charge < -0.3 is 0 Å². The molecule has 0 saturated heterocycles. The molecule has 0 aliphatic rings. The number of carbonyl (C=O) groups excluding carboxylic acids is 1. The fourth-order valence-electron chi connectivity index (χ4n) is 1.12. The van der Waals surface area contributed by atoms with Crippen LogP contribution < -0.4 is 0 Å². The van der Waals surface area contributed by atoms with Crippen LogP contribution in [0.5, 0.6) is 0 Å². The Hall–Kier alpha value is -1.58. The summed E-state index contributed by atoms with van der Waals surface area (Å²) in [6, 6.07) is 6.29. The summed E-state index contributed by atoms with van der Waals surface area (Å²) < 4.78 is 35.8. The van der Waals surface area contributed by atoms with E-state index in [1.165, 1.54) is 18.2 Å². The van der Waals surface area contributed by atoms with E-state index in [2.05, 4.69) is 6.58 Å². The fraction of sp³-hybridized carbons (Fsp3) is 0.182. The summed E-state index contributed by atoms with van der Waals surface area (Å²) >= 11 is 0. The van der Waals surface area contributed by atoms with Crippen molar-refractivity contribution in [1.29, 1.82) is 0 Å². The molecule has 0 bridgehead atoms. The Labute approximate surface area is 85.2 Å². The van der Waals surface area contributed by atoms with Gasteiger partial charge in [-0.25, -0.2) is 0 Å². The maximum atomic E-state index is 11.9. The highest BCUT2D eigenvalue weighted by molar-refractivity contribution is 5.86. The molecule has 1 aromatic rings. The topological polar surface area (TPSA) is 17.1 Å². The minimum absolute atomic E-state index is 0.342. The molecule has 4 heteroatoms. The van der Waals surface area contributed by atoms with Gasteiger partial charge in [0.2, 0.25) is 5.78 Å². The Morgan fingerprint density at radius 3 is 2.60 bits per heavy atom. The van der Waals surface area contributed by atoms with E-state index in [9.17, 15) is 18.0 Å². The number of rotatable bonds is 3. The van der Waals surface area contributed by atoms with Crippen LogP contribution in [-0.2, 0) is 11.2 Å². The van der Waals surface area contributed by atoms with Crippen molar-refractivity contribution in [2.75, 3.05) is 0 Å². The third-order valence-corrected chi connectivity index (χ3v) is 1.87. The maximum Gasteiger partial charge on any atom is 0.450 e. The minimum Gasteiger partial charge on any atom is -0.289 e. The fourth-order valence-corrected chi connectivity index (χ4v) is 1.12. The molecule has 0 saturated carbocycles. The van der Waals surface area contributed by atoms with Crippen LogP contribution in [0.2, 0.25) is 0 Å². The summed E-state index contributed by atoms with van der Waals surface area (Å²) in [4.78, 5) is 10.7. The van der Waals surface area contributed by atoms with Crippen molar-refractivity contribution in [3.63, 3.8) is 0 Å². The Bertz CT molecular complexity index is 380. The van der Waals surface area contributed by atoms with Gasteiger partial charge in [-0.3, -0.25) is 4.79 Å². The van der Waals surface area contributed by atoms with Crippen molar-refractivity contribution in [1.82, 2.24) is 0 Å². The quantitative estimate of drug-likeness (QED) is 0.755. The maximum absolute atomic E-state index is 11.9. The van der Waals surface area contributed by atoms with E-state index in [4.69, 9.17) is 0 Å². The standard InChI is InChI=1S/C11H9F3O/c1-2-8-4-3-5-9(6-8)7-10(15)11(12,13)14/h2-6H,1,7H2. The van der Waals surface area contributed by atoms with Crippen molar-refractivity contribution >= 4 is 11.9 Å². The number of ketones is 1. The molecule has 0 radical (unpaired) electrons. The van der Waals surface area contributed by atoms with Crippen LogP contribution in [0.25, 0.3) is 6.08 Å². The zero-order chi connectivity index (χ0) is 11.5. The summed E-state index contributed by atoms with van der Waals surface area (Å²) in [5, 5.41) is 0. The van der Waals surface area contributed by atoms with Crippen LogP contribution in [0.3, 0.4) is 0 Å². The number of halogens is 3.